The monoisotopic (exact) mass is 368 g/mol. The van der Waals surface area contributed by atoms with Gasteiger partial charge in [0, 0.05) is 32.4 Å². The Morgan fingerprint density at radius 2 is 2.07 bits per heavy atom. The molecule has 2 aliphatic rings. The second-order valence-electron chi connectivity index (χ2n) is 7.58. The third kappa shape index (κ3) is 3.36. The molecule has 142 valence electrons. The topological polar surface area (TPSA) is 72.6 Å². The maximum Gasteiger partial charge on any atom is 0.291 e. The molecule has 1 saturated heterocycles. The minimum atomic E-state index is -0.194. The summed E-state index contributed by atoms with van der Waals surface area (Å²) in [6, 6.07) is 5.72. The molecule has 0 saturated carbocycles. The number of aromatic nitrogens is 1. The Morgan fingerprint density at radius 3 is 2.81 bits per heavy atom. The maximum absolute atomic E-state index is 12.8. The lowest BCUT2D eigenvalue weighted by molar-refractivity contribution is 0.0390. The molecule has 1 aromatic carbocycles. The van der Waals surface area contributed by atoms with Gasteiger partial charge >= 0.3 is 0 Å². The summed E-state index contributed by atoms with van der Waals surface area (Å²) in [4.78, 5) is 31.4. The van der Waals surface area contributed by atoms with E-state index in [2.05, 4.69) is 4.98 Å². The average molecular weight is 368 g/mol. The summed E-state index contributed by atoms with van der Waals surface area (Å²) >= 11 is 0. The van der Waals surface area contributed by atoms with E-state index in [1.165, 1.54) is 0 Å². The third-order valence-corrected chi connectivity index (χ3v) is 5.47. The molecule has 0 aliphatic carbocycles. The Balaban J connectivity index is 1.50. The number of carbonyl (C=O) groups is 2. The van der Waals surface area contributed by atoms with Crippen molar-refractivity contribution in [3.63, 3.8) is 0 Å². The number of carbonyl (C=O) groups excluding carboxylic acids is 2. The van der Waals surface area contributed by atoms with E-state index < -0.39 is 0 Å². The van der Waals surface area contributed by atoms with E-state index in [-0.39, 0.29) is 23.7 Å². The number of likely N-dealkylation sites (tertiary alicyclic amines) is 1. The van der Waals surface area contributed by atoms with Crippen LogP contribution in [-0.4, -0.2) is 40.8 Å². The van der Waals surface area contributed by atoms with Crippen LogP contribution in [0.1, 0.15) is 57.3 Å². The van der Waals surface area contributed by atoms with Gasteiger partial charge in [0.2, 0.25) is 5.76 Å². The highest BCUT2D eigenvalue weighted by Crippen LogP contribution is 2.34. The molecule has 4 rings (SSSR count). The number of piperidine rings is 1. The predicted molar refractivity (Wildman–Crippen MR) is 99.1 cm³/mol. The molecule has 0 radical (unpaired) electrons. The van der Waals surface area contributed by atoms with Gasteiger partial charge in [0.15, 0.2) is 11.7 Å². The summed E-state index contributed by atoms with van der Waals surface area (Å²) < 4.78 is 11.7. The van der Waals surface area contributed by atoms with Crippen LogP contribution < -0.4 is 4.74 Å². The number of hydrogen-bond donors (Lipinski definition) is 0. The van der Waals surface area contributed by atoms with E-state index >= 15 is 0 Å². The van der Waals surface area contributed by atoms with Crippen LogP contribution in [0.5, 0.6) is 5.75 Å². The van der Waals surface area contributed by atoms with Crippen LogP contribution >= 0.6 is 0 Å². The Morgan fingerprint density at radius 1 is 1.26 bits per heavy atom. The number of nitrogens with zero attached hydrogens (tertiary/aromatic N) is 2. The van der Waals surface area contributed by atoms with Crippen LogP contribution in [0.3, 0.4) is 0 Å². The number of hydrogen-bond acceptors (Lipinski definition) is 5. The van der Waals surface area contributed by atoms with E-state index in [0.717, 1.165) is 18.4 Å². The first-order valence-corrected chi connectivity index (χ1v) is 9.46. The first kappa shape index (κ1) is 17.8. The Hall–Kier alpha value is -2.63. The molecule has 0 spiro atoms. The Kier molecular flexibility index (Phi) is 4.50. The first-order chi connectivity index (χ1) is 12.9. The van der Waals surface area contributed by atoms with Gasteiger partial charge in [-0.1, -0.05) is 11.6 Å². The summed E-state index contributed by atoms with van der Waals surface area (Å²) in [6.45, 7) is 6.75. The minimum Gasteiger partial charge on any atom is -0.489 e. The second-order valence-corrected chi connectivity index (χ2v) is 7.58. The molecule has 6 heteroatoms. The van der Waals surface area contributed by atoms with Gasteiger partial charge in [-0.05, 0) is 38.8 Å². The predicted octanol–water partition coefficient (Wildman–Crippen LogP) is 3.49. The molecule has 27 heavy (non-hydrogen) atoms. The van der Waals surface area contributed by atoms with Crippen molar-refractivity contribution in [3.8, 4) is 5.75 Å². The second kappa shape index (κ2) is 6.83. The molecule has 1 aromatic heterocycles. The van der Waals surface area contributed by atoms with Gasteiger partial charge in [-0.3, -0.25) is 9.59 Å². The number of aryl methyl sites for hydroxylation is 3. The number of fused-ring (bicyclic) bond motifs is 1. The number of ether oxygens (including phenoxy) is 1. The van der Waals surface area contributed by atoms with Gasteiger partial charge in [0.1, 0.15) is 11.9 Å². The number of ketones is 1. The van der Waals surface area contributed by atoms with Gasteiger partial charge in [-0.2, -0.15) is 0 Å². The van der Waals surface area contributed by atoms with Gasteiger partial charge in [0.25, 0.3) is 5.91 Å². The zero-order valence-electron chi connectivity index (χ0n) is 15.9. The minimum absolute atomic E-state index is 0.120. The molecular weight excluding hydrogens is 344 g/mol. The quantitative estimate of drug-likeness (QED) is 0.811. The van der Waals surface area contributed by atoms with Crippen molar-refractivity contribution >= 4 is 11.7 Å². The van der Waals surface area contributed by atoms with E-state index in [1.807, 2.05) is 25.1 Å². The zero-order valence-corrected chi connectivity index (χ0v) is 15.9. The lowest BCUT2D eigenvalue weighted by atomic mass is 9.86. The summed E-state index contributed by atoms with van der Waals surface area (Å²) in [7, 11) is 0. The van der Waals surface area contributed by atoms with Crippen LogP contribution in [0.4, 0.5) is 0 Å². The van der Waals surface area contributed by atoms with Crippen molar-refractivity contribution in [2.24, 2.45) is 5.92 Å². The number of oxazole rings is 1. The smallest absolute Gasteiger partial charge is 0.291 e. The highest BCUT2D eigenvalue weighted by molar-refractivity contribution is 6.00. The normalized spacial score (nSPS) is 22.3. The maximum atomic E-state index is 12.8. The van der Waals surface area contributed by atoms with Gasteiger partial charge in [-0.15, -0.1) is 0 Å². The Bertz CT molecular complexity index is 902. The first-order valence-electron chi connectivity index (χ1n) is 9.46. The molecular formula is C21H24N2O4. The third-order valence-electron chi connectivity index (χ3n) is 5.47. The molecule has 2 aromatic rings. The molecule has 3 heterocycles. The lowest BCUT2D eigenvalue weighted by Gasteiger charge is -2.38. The number of benzene rings is 1. The zero-order chi connectivity index (χ0) is 19.1. The van der Waals surface area contributed by atoms with E-state index in [1.54, 1.807) is 18.7 Å². The molecule has 0 unspecified atom stereocenters. The molecule has 0 bridgehead atoms. The van der Waals surface area contributed by atoms with Crippen LogP contribution in [0, 0.1) is 26.7 Å². The van der Waals surface area contributed by atoms with Gasteiger partial charge in [0.05, 0.1) is 11.3 Å². The summed E-state index contributed by atoms with van der Waals surface area (Å²) in [5, 5.41) is 0. The molecule has 0 N–H and O–H groups in total. The lowest BCUT2D eigenvalue weighted by Crippen LogP contribution is -2.46. The van der Waals surface area contributed by atoms with Crippen molar-refractivity contribution in [1.82, 2.24) is 9.88 Å². The fourth-order valence-electron chi connectivity index (χ4n) is 4.10. The summed E-state index contributed by atoms with van der Waals surface area (Å²) in [5.74, 6) is 1.59. The highest BCUT2D eigenvalue weighted by Gasteiger charge is 2.37. The fourth-order valence-corrected chi connectivity index (χ4v) is 4.10. The van der Waals surface area contributed by atoms with Crippen LogP contribution in [-0.2, 0) is 0 Å². The van der Waals surface area contributed by atoms with Gasteiger partial charge in [-0.25, -0.2) is 4.98 Å². The van der Waals surface area contributed by atoms with Crippen molar-refractivity contribution in [2.75, 3.05) is 13.1 Å². The standard InChI is InChI=1S/C21H24N2O4/c1-12-6-7-18-16(9-12)17(24)10-19(27-18)15-5-4-8-23(11-15)21(25)20-13(2)22-14(3)26-20/h6-7,9,15,19H,4-5,8,10-11H2,1-3H3/t15-,19-/m0/s1. The molecule has 1 amide bonds. The number of amides is 1. The van der Waals surface area contributed by atoms with Crippen molar-refractivity contribution in [1.29, 1.82) is 0 Å². The van der Waals surface area contributed by atoms with E-state index in [4.69, 9.17) is 9.15 Å². The van der Waals surface area contributed by atoms with Crippen molar-refractivity contribution < 1.29 is 18.7 Å². The van der Waals surface area contributed by atoms with E-state index in [9.17, 15) is 9.59 Å². The van der Waals surface area contributed by atoms with Crippen LogP contribution in [0.25, 0.3) is 0 Å². The number of Topliss-reactive ketones (excluding diaryl/α,β-unsaturated/α-hetero) is 1. The molecule has 1 fully saturated rings. The SMILES string of the molecule is Cc1ccc2c(c1)C(=O)C[C@@H]([C@H]1CCCN(C(=O)c3oc(C)nc3C)C1)O2. The number of rotatable bonds is 2. The van der Waals surface area contributed by atoms with Crippen molar-refractivity contribution in [3.05, 3.63) is 46.7 Å². The summed E-state index contributed by atoms with van der Waals surface area (Å²) in [5.41, 5.74) is 2.34. The van der Waals surface area contributed by atoms with Crippen molar-refractivity contribution in [2.45, 2.75) is 46.1 Å². The van der Waals surface area contributed by atoms with Crippen LogP contribution in [0.15, 0.2) is 22.6 Å². The van der Waals surface area contributed by atoms with E-state index in [0.29, 0.717) is 48.2 Å². The molecule has 2 atom stereocenters. The molecule has 6 nitrogen and oxygen atoms in total. The largest absolute Gasteiger partial charge is 0.489 e. The van der Waals surface area contributed by atoms with Gasteiger partial charge < -0.3 is 14.1 Å². The summed E-state index contributed by atoms with van der Waals surface area (Å²) in [6.07, 6.45) is 2.00. The fraction of sp³-hybridized carbons (Fsp3) is 0.476. The van der Waals surface area contributed by atoms with Crippen LogP contribution in [0.2, 0.25) is 0 Å². The molecule has 2 aliphatic heterocycles. The average Bonchev–Trinajstić information content (AvgIpc) is 3.00. The Labute approximate surface area is 158 Å². The highest BCUT2D eigenvalue weighted by atomic mass is 16.5.